The lowest BCUT2D eigenvalue weighted by Crippen LogP contribution is -2.01. The van der Waals surface area contributed by atoms with E-state index in [2.05, 4.69) is 6.07 Å². The van der Waals surface area contributed by atoms with Crippen molar-refractivity contribution in [1.29, 1.82) is 5.26 Å². The summed E-state index contributed by atoms with van der Waals surface area (Å²) in [6.45, 7) is 2.00. The molecule has 0 aliphatic heterocycles. The second-order valence-electron chi connectivity index (χ2n) is 3.38. The first-order valence-electron chi connectivity index (χ1n) is 4.94. The van der Waals surface area contributed by atoms with E-state index in [4.69, 9.17) is 34.2 Å². The van der Waals surface area contributed by atoms with Crippen LogP contribution in [0.25, 0.3) is 5.70 Å². The van der Waals surface area contributed by atoms with Gasteiger partial charge in [0.1, 0.15) is 0 Å². The topological polar surface area (TPSA) is 49.8 Å². The number of nitrogens with zero attached hydrogens (tertiary/aromatic N) is 1. The van der Waals surface area contributed by atoms with Crippen LogP contribution in [0.3, 0.4) is 0 Å². The summed E-state index contributed by atoms with van der Waals surface area (Å²) in [5.41, 5.74) is 7.70. The highest BCUT2D eigenvalue weighted by atomic mass is 35.5. The lowest BCUT2D eigenvalue weighted by Gasteiger charge is -2.06. The lowest BCUT2D eigenvalue weighted by atomic mass is 10.0. The number of allylic oxidation sites excluding steroid dienone is 1. The molecule has 4 heteroatoms. The predicted molar refractivity (Wildman–Crippen MR) is 68.1 cm³/mol. The summed E-state index contributed by atoms with van der Waals surface area (Å²) in [5.74, 6) is 0. The molecular weight excluding hydrogens is 243 g/mol. The highest BCUT2D eigenvalue weighted by molar-refractivity contribution is 6.42. The Labute approximate surface area is 105 Å². The third-order valence-corrected chi connectivity index (χ3v) is 2.93. The van der Waals surface area contributed by atoms with Crippen LogP contribution in [0.4, 0.5) is 0 Å². The van der Waals surface area contributed by atoms with Crippen molar-refractivity contribution < 1.29 is 0 Å². The molecule has 2 N–H and O–H groups in total. The molecule has 0 aliphatic rings. The average Bonchev–Trinajstić information content (AvgIpc) is 2.28. The minimum Gasteiger partial charge on any atom is -0.397 e. The van der Waals surface area contributed by atoms with Gasteiger partial charge in [0.05, 0.1) is 27.4 Å². The Kier molecular flexibility index (Phi) is 4.67. The Morgan fingerprint density at radius 2 is 2.06 bits per heavy atom. The first-order chi connectivity index (χ1) is 7.60. The van der Waals surface area contributed by atoms with Gasteiger partial charge >= 0.3 is 0 Å². The van der Waals surface area contributed by atoms with Crippen LogP contribution >= 0.6 is 23.2 Å². The number of hydrogen-bond acceptors (Lipinski definition) is 2. The molecule has 0 atom stereocenters. The van der Waals surface area contributed by atoms with Gasteiger partial charge in [-0.25, -0.2) is 0 Å². The summed E-state index contributed by atoms with van der Waals surface area (Å²) in [5, 5.41) is 9.89. The van der Waals surface area contributed by atoms with Crippen molar-refractivity contribution in [2.45, 2.75) is 19.8 Å². The van der Waals surface area contributed by atoms with Gasteiger partial charge in [-0.1, -0.05) is 42.6 Å². The van der Waals surface area contributed by atoms with Gasteiger partial charge in [-0.2, -0.15) is 5.26 Å². The zero-order valence-corrected chi connectivity index (χ0v) is 10.4. The van der Waals surface area contributed by atoms with E-state index >= 15 is 0 Å². The van der Waals surface area contributed by atoms with Gasteiger partial charge < -0.3 is 5.73 Å². The van der Waals surface area contributed by atoms with Crippen LogP contribution in [-0.4, -0.2) is 0 Å². The Bertz CT molecular complexity index is 459. The third kappa shape index (κ3) is 2.91. The SMILES string of the molecule is CCC/C(C#N)=C(/N)c1ccc(Cl)c(Cl)c1. The number of nitriles is 1. The van der Waals surface area contributed by atoms with Gasteiger partial charge in [0, 0.05) is 0 Å². The Balaban J connectivity index is 3.17. The highest BCUT2D eigenvalue weighted by Crippen LogP contribution is 2.26. The zero-order chi connectivity index (χ0) is 12.1. The molecule has 1 rings (SSSR count). The fourth-order valence-corrected chi connectivity index (χ4v) is 1.64. The van der Waals surface area contributed by atoms with Crippen molar-refractivity contribution in [1.82, 2.24) is 0 Å². The molecular formula is C12H12Cl2N2. The van der Waals surface area contributed by atoms with Crippen LogP contribution in [-0.2, 0) is 0 Å². The van der Waals surface area contributed by atoms with E-state index < -0.39 is 0 Å². The fraction of sp³-hybridized carbons (Fsp3) is 0.250. The number of benzene rings is 1. The predicted octanol–water partition coefficient (Wildman–Crippen LogP) is 3.99. The zero-order valence-electron chi connectivity index (χ0n) is 8.93. The van der Waals surface area contributed by atoms with Crippen molar-refractivity contribution in [3.8, 4) is 6.07 Å². The van der Waals surface area contributed by atoms with Crippen LogP contribution in [0.5, 0.6) is 0 Å². The Morgan fingerprint density at radius 3 is 2.56 bits per heavy atom. The first-order valence-corrected chi connectivity index (χ1v) is 5.69. The monoisotopic (exact) mass is 254 g/mol. The van der Waals surface area contributed by atoms with Gasteiger partial charge in [0.25, 0.3) is 0 Å². The fourth-order valence-electron chi connectivity index (χ4n) is 1.34. The lowest BCUT2D eigenvalue weighted by molar-refractivity contribution is 0.929. The van der Waals surface area contributed by atoms with E-state index in [0.717, 1.165) is 12.0 Å². The van der Waals surface area contributed by atoms with Crippen LogP contribution in [0.15, 0.2) is 23.8 Å². The van der Waals surface area contributed by atoms with Gasteiger partial charge in [-0.05, 0) is 24.1 Å². The smallest absolute Gasteiger partial charge is 0.0968 e. The maximum atomic E-state index is 8.97. The summed E-state index contributed by atoms with van der Waals surface area (Å²) < 4.78 is 0. The first kappa shape index (κ1) is 12.9. The molecule has 0 bridgehead atoms. The standard InChI is InChI=1S/C12H12Cl2N2/c1-2-3-9(7-15)12(16)8-4-5-10(13)11(14)6-8/h4-6H,2-3,16H2,1H3/b12-9-. The van der Waals surface area contributed by atoms with Gasteiger partial charge in [-0.3, -0.25) is 0 Å². The molecule has 0 amide bonds. The molecule has 2 nitrogen and oxygen atoms in total. The quantitative estimate of drug-likeness (QED) is 0.830. The van der Waals surface area contributed by atoms with E-state index in [9.17, 15) is 0 Å². The molecule has 0 saturated heterocycles. The highest BCUT2D eigenvalue weighted by Gasteiger charge is 2.07. The van der Waals surface area contributed by atoms with E-state index in [0.29, 0.717) is 27.7 Å². The van der Waals surface area contributed by atoms with E-state index in [-0.39, 0.29) is 0 Å². The summed E-state index contributed by atoms with van der Waals surface area (Å²) in [6.07, 6.45) is 1.55. The third-order valence-electron chi connectivity index (χ3n) is 2.19. The molecule has 0 spiro atoms. The number of hydrogen-bond donors (Lipinski definition) is 1. The van der Waals surface area contributed by atoms with Crippen molar-refractivity contribution >= 4 is 28.9 Å². The normalized spacial score (nSPS) is 11.9. The molecule has 0 radical (unpaired) electrons. The van der Waals surface area contributed by atoms with Crippen molar-refractivity contribution in [2.24, 2.45) is 5.73 Å². The Hall–Kier alpha value is -1.17. The molecule has 0 fully saturated rings. The summed E-state index contributed by atoms with van der Waals surface area (Å²) in [7, 11) is 0. The molecule has 0 heterocycles. The van der Waals surface area contributed by atoms with E-state index in [1.807, 2.05) is 6.92 Å². The van der Waals surface area contributed by atoms with Gasteiger partial charge in [0.15, 0.2) is 0 Å². The Morgan fingerprint density at radius 1 is 1.38 bits per heavy atom. The van der Waals surface area contributed by atoms with Crippen molar-refractivity contribution in [3.05, 3.63) is 39.4 Å². The molecule has 0 aromatic heterocycles. The number of nitrogens with two attached hydrogens (primary N) is 1. The summed E-state index contributed by atoms with van der Waals surface area (Å²) >= 11 is 11.7. The number of rotatable bonds is 3. The molecule has 1 aromatic carbocycles. The minimum atomic E-state index is 0.441. The van der Waals surface area contributed by atoms with Crippen LogP contribution < -0.4 is 5.73 Å². The molecule has 0 aliphatic carbocycles. The maximum absolute atomic E-state index is 8.97. The second-order valence-corrected chi connectivity index (χ2v) is 4.20. The second kappa shape index (κ2) is 5.79. The van der Waals surface area contributed by atoms with E-state index in [1.54, 1.807) is 18.2 Å². The average molecular weight is 255 g/mol. The molecule has 16 heavy (non-hydrogen) atoms. The summed E-state index contributed by atoms with van der Waals surface area (Å²) in [4.78, 5) is 0. The number of halogens is 2. The molecule has 84 valence electrons. The van der Waals surface area contributed by atoms with Gasteiger partial charge in [0.2, 0.25) is 0 Å². The summed E-state index contributed by atoms with van der Waals surface area (Å²) in [6, 6.07) is 7.22. The van der Waals surface area contributed by atoms with Crippen molar-refractivity contribution in [3.63, 3.8) is 0 Å². The van der Waals surface area contributed by atoms with Crippen LogP contribution in [0, 0.1) is 11.3 Å². The maximum Gasteiger partial charge on any atom is 0.0968 e. The largest absolute Gasteiger partial charge is 0.397 e. The minimum absolute atomic E-state index is 0.441. The van der Waals surface area contributed by atoms with Crippen LogP contribution in [0.2, 0.25) is 10.0 Å². The van der Waals surface area contributed by atoms with Crippen molar-refractivity contribution in [2.75, 3.05) is 0 Å². The van der Waals surface area contributed by atoms with Crippen LogP contribution in [0.1, 0.15) is 25.3 Å². The van der Waals surface area contributed by atoms with E-state index in [1.165, 1.54) is 0 Å². The molecule has 1 aromatic rings. The molecule has 0 saturated carbocycles. The van der Waals surface area contributed by atoms with Gasteiger partial charge in [-0.15, -0.1) is 0 Å². The molecule has 0 unspecified atom stereocenters.